The Labute approximate surface area is 133 Å². The molecule has 0 aromatic carbocycles. The first-order chi connectivity index (χ1) is 10.3. The van der Waals surface area contributed by atoms with E-state index in [0.29, 0.717) is 10.9 Å². The lowest BCUT2D eigenvalue weighted by molar-refractivity contribution is -0.0146. The van der Waals surface area contributed by atoms with Crippen molar-refractivity contribution in [2.45, 2.75) is 49.4 Å². The highest BCUT2D eigenvalue weighted by molar-refractivity contribution is 8.01. The van der Waals surface area contributed by atoms with Gasteiger partial charge in [-0.2, -0.15) is 0 Å². The Bertz CT molecular complexity index is 349. The van der Waals surface area contributed by atoms with Crippen molar-refractivity contribution in [2.24, 2.45) is 11.8 Å². The van der Waals surface area contributed by atoms with E-state index in [1.54, 1.807) is 0 Å². The molecule has 0 N–H and O–H groups in total. The molecule has 3 saturated heterocycles. The zero-order chi connectivity index (χ0) is 14.1. The van der Waals surface area contributed by atoms with Crippen LogP contribution in [0.4, 0.5) is 0 Å². The Morgan fingerprint density at radius 2 is 1.90 bits per heavy atom. The van der Waals surface area contributed by atoms with Crippen LogP contribution >= 0.6 is 11.8 Å². The first kappa shape index (κ1) is 14.8. The number of likely N-dealkylation sites (tertiary alicyclic amines) is 1. The van der Waals surface area contributed by atoms with Crippen LogP contribution in [-0.4, -0.2) is 61.0 Å². The van der Waals surface area contributed by atoms with Crippen molar-refractivity contribution in [3.05, 3.63) is 0 Å². The van der Waals surface area contributed by atoms with Crippen molar-refractivity contribution < 1.29 is 9.47 Å². The molecule has 3 heterocycles. The fraction of sp³-hybridized carbons (Fsp3) is 1.00. The summed E-state index contributed by atoms with van der Waals surface area (Å²) in [5.74, 6) is 2.99. The van der Waals surface area contributed by atoms with Gasteiger partial charge in [-0.25, -0.2) is 0 Å². The van der Waals surface area contributed by atoms with Crippen LogP contribution in [0.5, 0.6) is 0 Å². The van der Waals surface area contributed by atoms with Gasteiger partial charge < -0.3 is 14.4 Å². The Morgan fingerprint density at radius 1 is 1.10 bits per heavy atom. The lowest BCUT2D eigenvalue weighted by Crippen LogP contribution is -2.60. The lowest BCUT2D eigenvalue weighted by atomic mass is 9.83. The molecule has 4 aliphatic rings. The average molecular weight is 311 g/mol. The van der Waals surface area contributed by atoms with Crippen molar-refractivity contribution in [2.75, 3.05) is 45.2 Å². The maximum Gasteiger partial charge on any atom is 0.0680 e. The van der Waals surface area contributed by atoms with Crippen molar-refractivity contribution >= 4 is 11.8 Å². The van der Waals surface area contributed by atoms with Crippen LogP contribution < -0.4 is 0 Å². The molecule has 3 aliphatic heterocycles. The number of hydrogen-bond acceptors (Lipinski definition) is 4. The quantitative estimate of drug-likeness (QED) is 0.778. The molecule has 0 aromatic heterocycles. The first-order valence-corrected chi connectivity index (χ1v) is 9.86. The number of rotatable bonds is 5. The summed E-state index contributed by atoms with van der Waals surface area (Å²) in [6.45, 7) is 6.87. The Kier molecular flexibility index (Phi) is 4.50. The molecular formula is C17H29NO2S. The summed E-state index contributed by atoms with van der Waals surface area (Å²) in [6, 6.07) is 0. The van der Waals surface area contributed by atoms with E-state index < -0.39 is 0 Å². The molecule has 0 radical (unpaired) electrons. The second kappa shape index (κ2) is 6.38. The van der Waals surface area contributed by atoms with E-state index in [0.717, 1.165) is 31.7 Å². The van der Waals surface area contributed by atoms with Gasteiger partial charge in [0.25, 0.3) is 0 Å². The van der Waals surface area contributed by atoms with Gasteiger partial charge in [-0.1, -0.05) is 6.42 Å². The predicted molar refractivity (Wildman–Crippen MR) is 86.9 cm³/mol. The van der Waals surface area contributed by atoms with E-state index in [1.807, 2.05) is 0 Å². The molecule has 0 aromatic rings. The van der Waals surface area contributed by atoms with Gasteiger partial charge in [0.15, 0.2) is 0 Å². The highest BCUT2D eigenvalue weighted by atomic mass is 32.2. The third kappa shape index (κ3) is 3.44. The Balaban J connectivity index is 1.15. The molecule has 4 fully saturated rings. The van der Waals surface area contributed by atoms with Crippen LogP contribution in [0, 0.1) is 11.8 Å². The third-order valence-corrected chi connectivity index (χ3v) is 7.42. The lowest BCUT2D eigenvalue weighted by Gasteiger charge is -2.49. The van der Waals surface area contributed by atoms with Crippen molar-refractivity contribution in [3.63, 3.8) is 0 Å². The van der Waals surface area contributed by atoms with Crippen LogP contribution in [-0.2, 0) is 9.47 Å². The summed E-state index contributed by atoms with van der Waals surface area (Å²) in [6.07, 6.45) is 8.63. The highest BCUT2D eigenvalue weighted by Gasteiger charge is 2.49. The smallest absolute Gasteiger partial charge is 0.0680 e. The minimum absolute atomic E-state index is 0.517. The molecule has 0 amide bonds. The Morgan fingerprint density at radius 3 is 2.62 bits per heavy atom. The van der Waals surface area contributed by atoms with Gasteiger partial charge in [0, 0.05) is 50.0 Å². The van der Waals surface area contributed by atoms with Crippen LogP contribution in [0.2, 0.25) is 0 Å². The minimum atomic E-state index is 0.517. The fourth-order valence-corrected chi connectivity index (χ4v) is 5.86. The zero-order valence-corrected chi connectivity index (χ0v) is 13.9. The van der Waals surface area contributed by atoms with Crippen LogP contribution in [0.15, 0.2) is 0 Å². The molecule has 1 atom stereocenters. The normalized spacial score (nSPS) is 34.0. The molecule has 1 unspecified atom stereocenters. The third-order valence-electron chi connectivity index (χ3n) is 5.85. The maximum atomic E-state index is 6.23. The van der Waals surface area contributed by atoms with Gasteiger partial charge in [-0.05, 0) is 43.9 Å². The molecule has 21 heavy (non-hydrogen) atoms. The number of nitrogens with zero attached hydrogens (tertiary/aromatic N) is 1. The van der Waals surface area contributed by atoms with Gasteiger partial charge >= 0.3 is 0 Å². The summed E-state index contributed by atoms with van der Waals surface area (Å²) in [5.41, 5.74) is 0. The van der Waals surface area contributed by atoms with Crippen LogP contribution in [0.1, 0.15) is 38.5 Å². The fourth-order valence-electron chi connectivity index (χ4n) is 4.25. The summed E-state index contributed by atoms with van der Waals surface area (Å²) < 4.78 is 12.2. The van der Waals surface area contributed by atoms with Gasteiger partial charge in [0.2, 0.25) is 0 Å². The highest BCUT2D eigenvalue weighted by Crippen LogP contribution is 2.47. The zero-order valence-electron chi connectivity index (χ0n) is 13.1. The second-order valence-electron chi connectivity index (χ2n) is 7.68. The molecule has 1 spiro atoms. The average Bonchev–Trinajstić information content (AvgIpc) is 2.85. The van der Waals surface area contributed by atoms with Crippen LogP contribution in [0.25, 0.3) is 0 Å². The molecule has 4 rings (SSSR count). The topological polar surface area (TPSA) is 21.7 Å². The molecule has 1 aliphatic carbocycles. The van der Waals surface area contributed by atoms with E-state index in [2.05, 4.69) is 16.7 Å². The number of ether oxygens (including phenoxy) is 2. The summed E-state index contributed by atoms with van der Waals surface area (Å²) in [5, 5.41) is 0. The second-order valence-corrected chi connectivity index (χ2v) is 9.16. The number of hydrogen-bond donors (Lipinski definition) is 0. The molecule has 4 heteroatoms. The molecule has 3 nitrogen and oxygen atoms in total. The summed E-state index contributed by atoms with van der Waals surface area (Å²) in [7, 11) is 0. The molecule has 1 saturated carbocycles. The largest absolute Gasteiger partial charge is 0.381 e. The SMILES string of the molecule is C1CC(CN2CC3(CC(OCC4CCOCC4)CS3)C2)C1. The van der Waals surface area contributed by atoms with E-state index in [1.165, 1.54) is 63.9 Å². The summed E-state index contributed by atoms with van der Waals surface area (Å²) >= 11 is 2.19. The monoisotopic (exact) mass is 311 g/mol. The van der Waals surface area contributed by atoms with E-state index in [-0.39, 0.29) is 0 Å². The first-order valence-electron chi connectivity index (χ1n) is 8.87. The predicted octanol–water partition coefficient (Wildman–Crippen LogP) is 2.79. The van der Waals surface area contributed by atoms with Crippen LogP contribution in [0.3, 0.4) is 0 Å². The van der Waals surface area contributed by atoms with Crippen molar-refractivity contribution in [3.8, 4) is 0 Å². The van der Waals surface area contributed by atoms with Gasteiger partial charge in [-0.15, -0.1) is 11.8 Å². The Hall–Kier alpha value is 0.230. The standard InChI is InChI=1S/C17H29NO2S/c1-2-14(3-1)9-18-12-17(13-18)8-16(11-21-17)20-10-15-4-6-19-7-5-15/h14-16H,1-13H2. The van der Waals surface area contributed by atoms with E-state index in [4.69, 9.17) is 9.47 Å². The molecule has 120 valence electrons. The van der Waals surface area contributed by atoms with Gasteiger partial charge in [-0.3, -0.25) is 0 Å². The van der Waals surface area contributed by atoms with E-state index in [9.17, 15) is 0 Å². The van der Waals surface area contributed by atoms with Gasteiger partial charge in [0.1, 0.15) is 0 Å². The molecular weight excluding hydrogens is 282 g/mol. The molecule has 0 bridgehead atoms. The number of thioether (sulfide) groups is 1. The van der Waals surface area contributed by atoms with Gasteiger partial charge in [0.05, 0.1) is 6.10 Å². The van der Waals surface area contributed by atoms with Crippen molar-refractivity contribution in [1.82, 2.24) is 4.90 Å². The summed E-state index contributed by atoms with van der Waals surface area (Å²) in [4.78, 5) is 2.69. The minimum Gasteiger partial charge on any atom is -0.381 e. The van der Waals surface area contributed by atoms with Crippen molar-refractivity contribution in [1.29, 1.82) is 0 Å². The van der Waals surface area contributed by atoms with E-state index >= 15 is 0 Å². The maximum absolute atomic E-state index is 6.23.